The van der Waals surface area contributed by atoms with E-state index in [0.717, 1.165) is 68.5 Å². The van der Waals surface area contributed by atoms with Gasteiger partial charge in [-0.05, 0) is 87.0 Å². The summed E-state index contributed by atoms with van der Waals surface area (Å²) in [5, 5.41) is 10.6. The minimum absolute atomic E-state index is 0.357. The number of nitrogens with zero attached hydrogens (tertiary/aromatic N) is 1. The number of ether oxygens (including phenoxy) is 1. The van der Waals surface area contributed by atoms with E-state index in [9.17, 15) is 0 Å². The van der Waals surface area contributed by atoms with Crippen molar-refractivity contribution in [3.63, 3.8) is 0 Å². The second-order valence-electron chi connectivity index (χ2n) is 9.31. The van der Waals surface area contributed by atoms with E-state index in [1.165, 1.54) is 12.0 Å². The predicted molar refractivity (Wildman–Crippen MR) is 135 cm³/mol. The zero-order chi connectivity index (χ0) is 22.8. The summed E-state index contributed by atoms with van der Waals surface area (Å²) in [6.07, 6.45) is 6.69. The van der Waals surface area contributed by atoms with Crippen LogP contribution in [0.4, 0.5) is 0 Å². The molecule has 1 aliphatic heterocycles. The molecule has 2 aromatic carbocycles. The molecular formula is C27H30Cl2N2O2. The maximum Gasteiger partial charge on any atom is 0.149 e. The summed E-state index contributed by atoms with van der Waals surface area (Å²) in [5.74, 6) is 2.45. The van der Waals surface area contributed by atoms with Crippen molar-refractivity contribution < 1.29 is 9.15 Å². The third kappa shape index (κ3) is 5.08. The maximum atomic E-state index is 8.41. The second-order valence-corrected chi connectivity index (χ2v) is 10.1. The molecule has 33 heavy (non-hydrogen) atoms. The van der Waals surface area contributed by atoms with Crippen LogP contribution in [0.3, 0.4) is 0 Å². The van der Waals surface area contributed by atoms with Gasteiger partial charge in [0.1, 0.15) is 17.1 Å². The molecule has 1 aliphatic carbocycles. The fraction of sp³-hybridized carbons (Fsp3) is 0.444. The largest absolute Gasteiger partial charge is 0.493 e. The van der Waals surface area contributed by atoms with Gasteiger partial charge in [0.05, 0.1) is 27.8 Å². The van der Waals surface area contributed by atoms with Crippen LogP contribution in [0.15, 0.2) is 46.9 Å². The number of furan rings is 1. The molecule has 0 spiro atoms. The minimum atomic E-state index is 0.357. The molecule has 2 heterocycles. The molecule has 0 radical (unpaired) electrons. The van der Waals surface area contributed by atoms with Gasteiger partial charge >= 0.3 is 0 Å². The normalized spacial score (nSPS) is 17.9. The highest BCUT2D eigenvalue weighted by atomic mass is 35.5. The highest BCUT2D eigenvalue weighted by Crippen LogP contribution is 2.35. The standard InChI is InChI=1S/C27H30Cl2N2O2/c28-22-9-8-20(16-23(22)29)18-10-13-31(14-11-18)12-3-15-32-24-6-2-7-25-21(24)17-26(33-25)27(30)19-4-1-5-19/h2,6-9,16-19,30H,1,3-5,10-15H2. The quantitative estimate of drug-likeness (QED) is 0.265. The molecule has 0 atom stereocenters. The van der Waals surface area contributed by atoms with E-state index in [2.05, 4.69) is 11.0 Å². The van der Waals surface area contributed by atoms with Crippen LogP contribution >= 0.6 is 23.2 Å². The maximum absolute atomic E-state index is 8.41. The average molecular weight is 485 g/mol. The number of benzene rings is 2. The molecular weight excluding hydrogens is 455 g/mol. The highest BCUT2D eigenvalue weighted by Gasteiger charge is 2.26. The lowest BCUT2D eigenvalue weighted by molar-refractivity contribution is 0.193. The number of piperidine rings is 1. The van der Waals surface area contributed by atoms with Crippen molar-refractivity contribution in [1.82, 2.24) is 4.90 Å². The van der Waals surface area contributed by atoms with Crippen molar-refractivity contribution >= 4 is 39.9 Å². The molecule has 2 fully saturated rings. The zero-order valence-electron chi connectivity index (χ0n) is 18.8. The molecule has 1 aromatic heterocycles. The van der Waals surface area contributed by atoms with Gasteiger partial charge < -0.3 is 19.5 Å². The van der Waals surface area contributed by atoms with E-state index < -0.39 is 0 Å². The molecule has 0 bridgehead atoms. The van der Waals surface area contributed by atoms with Gasteiger partial charge in [0, 0.05) is 12.5 Å². The van der Waals surface area contributed by atoms with Crippen molar-refractivity contribution in [2.75, 3.05) is 26.2 Å². The molecule has 3 aromatic rings. The molecule has 0 amide bonds. The summed E-state index contributed by atoms with van der Waals surface area (Å²) in [6.45, 7) is 3.89. The van der Waals surface area contributed by atoms with Crippen LogP contribution in [0.1, 0.15) is 55.8 Å². The molecule has 1 N–H and O–H groups in total. The number of fused-ring (bicyclic) bond motifs is 1. The molecule has 5 rings (SSSR count). The van der Waals surface area contributed by atoms with Crippen molar-refractivity contribution in [3.05, 3.63) is 63.8 Å². The Morgan fingerprint density at radius 1 is 1.03 bits per heavy atom. The monoisotopic (exact) mass is 484 g/mol. The summed E-state index contributed by atoms with van der Waals surface area (Å²) in [6, 6.07) is 13.9. The molecule has 2 aliphatic rings. The average Bonchev–Trinajstić information content (AvgIpc) is 3.23. The van der Waals surface area contributed by atoms with Gasteiger partial charge in [0.25, 0.3) is 0 Å². The van der Waals surface area contributed by atoms with Crippen LogP contribution in [0, 0.1) is 11.3 Å². The summed E-state index contributed by atoms with van der Waals surface area (Å²) in [5.41, 5.74) is 2.73. The lowest BCUT2D eigenvalue weighted by Crippen LogP contribution is -2.34. The summed E-state index contributed by atoms with van der Waals surface area (Å²) >= 11 is 12.3. The van der Waals surface area contributed by atoms with E-state index in [-0.39, 0.29) is 0 Å². The molecule has 4 nitrogen and oxygen atoms in total. The SMILES string of the molecule is N=C(c1cc2c(OCCCN3CCC(c4ccc(Cl)c(Cl)c4)CC3)cccc2o1)C1CCC1. The van der Waals surface area contributed by atoms with Gasteiger partial charge in [0.2, 0.25) is 0 Å². The van der Waals surface area contributed by atoms with Crippen LogP contribution in [-0.2, 0) is 0 Å². The van der Waals surface area contributed by atoms with Gasteiger partial charge in [-0.2, -0.15) is 0 Å². The van der Waals surface area contributed by atoms with Gasteiger partial charge in [-0.3, -0.25) is 0 Å². The van der Waals surface area contributed by atoms with Crippen molar-refractivity contribution in [2.24, 2.45) is 5.92 Å². The van der Waals surface area contributed by atoms with E-state index in [1.54, 1.807) is 0 Å². The first-order valence-corrected chi connectivity index (χ1v) is 12.8. The Morgan fingerprint density at radius 3 is 2.58 bits per heavy atom. The molecule has 1 saturated heterocycles. The van der Waals surface area contributed by atoms with E-state index in [4.69, 9.17) is 37.8 Å². The number of halogens is 2. The number of hydrogen-bond donors (Lipinski definition) is 1. The Hall–Kier alpha value is -2.01. The van der Waals surface area contributed by atoms with Gasteiger partial charge in [0.15, 0.2) is 0 Å². The Kier molecular flexibility index (Phi) is 6.96. The van der Waals surface area contributed by atoms with Crippen LogP contribution in [0.2, 0.25) is 10.0 Å². The van der Waals surface area contributed by atoms with E-state index in [0.29, 0.717) is 40.0 Å². The van der Waals surface area contributed by atoms with Crippen molar-refractivity contribution in [3.8, 4) is 5.75 Å². The Labute approximate surface area is 205 Å². The zero-order valence-corrected chi connectivity index (χ0v) is 20.3. The molecule has 1 saturated carbocycles. The van der Waals surface area contributed by atoms with Crippen molar-refractivity contribution in [2.45, 2.75) is 44.4 Å². The van der Waals surface area contributed by atoms with Gasteiger partial charge in [-0.1, -0.05) is 41.8 Å². The lowest BCUT2D eigenvalue weighted by atomic mass is 9.81. The number of rotatable bonds is 8. The first-order valence-electron chi connectivity index (χ1n) is 12.0. The molecule has 6 heteroatoms. The second kappa shape index (κ2) is 10.1. The fourth-order valence-electron chi connectivity index (χ4n) is 4.92. The van der Waals surface area contributed by atoms with Crippen molar-refractivity contribution in [1.29, 1.82) is 5.41 Å². The minimum Gasteiger partial charge on any atom is -0.493 e. The first-order chi connectivity index (χ1) is 16.1. The third-order valence-electron chi connectivity index (χ3n) is 7.18. The van der Waals surface area contributed by atoms with Crippen LogP contribution < -0.4 is 4.74 Å². The van der Waals surface area contributed by atoms with Crippen LogP contribution in [-0.4, -0.2) is 36.9 Å². The summed E-state index contributed by atoms with van der Waals surface area (Å²) < 4.78 is 12.1. The topological polar surface area (TPSA) is 49.5 Å². The number of nitrogens with one attached hydrogen (secondary N) is 1. The Morgan fingerprint density at radius 2 is 1.85 bits per heavy atom. The summed E-state index contributed by atoms with van der Waals surface area (Å²) in [4.78, 5) is 2.52. The van der Waals surface area contributed by atoms with E-state index in [1.807, 2.05) is 36.4 Å². The van der Waals surface area contributed by atoms with Crippen LogP contribution in [0.25, 0.3) is 11.0 Å². The third-order valence-corrected chi connectivity index (χ3v) is 7.92. The smallest absolute Gasteiger partial charge is 0.149 e. The Bertz CT molecular complexity index is 1130. The number of hydrogen-bond acceptors (Lipinski definition) is 4. The van der Waals surface area contributed by atoms with Gasteiger partial charge in [-0.15, -0.1) is 0 Å². The Balaban J connectivity index is 1.10. The van der Waals surface area contributed by atoms with E-state index >= 15 is 0 Å². The first kappa shape index (κ1) is 22.8. The molecule has 0 unspecified atom stereocenters. The number of likely N-dealkylation sites (tertiary alicyclic amines) is 1. The molecule has 174 valence electrons. The fourth-order valence-corrected chi connectivity index (χ4v) is 5.22. The predicted octanol–water partition coefficient (Wildman–Crippen LogP) is 7.56. The van der Waals surface area contributed by atoms with Crippen LogP contribution in [0.5, 0.6) is 5.75 Å². The van der Waals surface area contributed by atoms with Gasteiger partial charge in [-0.25, -0.2) is 0 Å². The highest BCUT2D eigenvalue weighted by molar-refractivity contribution is 6.42. The summed E-state index contributed by atoms with van der Waals surface area (Å²) in [7, 11) is 0. The lowest BCUT2D eigenvalue weighted by Gasteiger charge is -2.32.